The van der Waals surface area contributed by atoms with Crippen molar-refractivity contribution in [3.05, 3.63) is 41.8 Å². The van der Waals surface area contributed by atoms with Crippen LogP contribution in [0.1, 0.15) is 0 Å². The van der Waals surface area contributed by atoms with Gasteiger partial charge in [0.25, 0.3) is 0 Å². The Morgan fingerprint density at radius 3 is 2.57 bits per heavy atom. The Morgan fingerprint density at radius 1 is 1.14 bits per heavy atom. The minimum atomic E-state index is 0.195. The summed E-state index contributed by atoms with van der Waals surface area (Å²) in [5.41, 5.74) is 8.27. The van der Waals surface area contributed by atoms with Crippen LogP contribution < -0.4 is 10.5 Å². The molecular weight excluding hydrogens is 308 g/mol. The van der Waals surface area contributed by atoms with Gasteiger partial charge in [-0.3, -0.25) is 0 Å². The molecule has 0 bridgehead atoms. The zero-order valence-electron chi connectivity index (χ0n) is 11.1. The molecule has 0 atom stereocenters. The molecule has 0 unspecified atom stereocenters. The lowest BCUT2D eigenvalue weighted by Crippen LogP contribution is -1.88. The van der Waals surface area contributed by atoms with Gasteiger partial charge in [0.2, 0.25) is 5.28 Å². The number of nitrogens with two attached hydrogens (primary N) is 1. The third kappa shape index (κ3) is 2.81. The number of nitrogen functional groups attached to an aromatic ring is 1. The number of benzene rings is 1. The van der Waals surface area contributed by atoms with E-state index >= 15 is 0 Å². The Hall–Kier alpha value is -2.18. The minimum absolute atomic E-state index is 0.195. The summed E-state index contributed by atoms with van der Waals surface area (Å²) < 4.78 is 5.16. The molecule has 0 radical (unpaired) electrons. The summed E-state index contributed by atoms with van der Waals surface area (Å²) >= 11 is 7.22. The Labute approximate surface area is 130 Å². The van der Waals surface area contributed by atoms with Crippen LogP contribution in [0.2, 0.25) is 5.28 Å². The average molecular weight is 319 g/mol. The average Bonchev–Trinajstić information content (AvgIpc) is 2.89. The number of hydrogen-bond acceptors (Lipinski definition) is 6. The van der Waals surface area contributed by atoms with Gasteiger partial charge in [-0.05, 0) is 41.9 Å². The van der Waals surface area contributed by atoms with Crippen molar-refractivity contribution >= 4 is 28.1 Å². The molecule has 106 valence electrons. The second-order valence-electron chi connectivity index (χ2n) is 4.17. The van der Waals surface area contributed by atoms with Crippen molar-refractivity contribution in [2.24, 2.45) is 0 Å². The number of nitrogens with zero attached hydrogens (tertiary/aromatic N) is 3. The number of hydrogen-bond donors (Lipinski definition) is 1. The molecule has 5 nitrogen and oxygen atoms in total. The fraction of sp³-hybridized carbons (Fsp3) is 0.0714. The molecule has 2 aromatic heterocycles. The van der Waals surface area contributed by atoms with E-state index in [0.29, 0.717) is 10.8 Å². The molecule has 0 aliphatic carbocycles. The van der Waals surface area contributed by atoms with Crippen LogP contribution in [0.25, 0.3) is 21.8 Å². The zero-order chi connectivity index (χ0) is 14.8. The lowest BCUT2D eigenvalue weighted by Gasteiger charge is -2.04. The molecule has 0 saturated heterocycles. The van der Waals surface area contributed by atoms with Gasteiger partial charge in [-0.15, -0.1) is 0 Å². The third-order valence-corrected chi connectivity index (χ3v) is 3.96. The van der Waals surface area contributed by atoms with Crippen molar-refractivity contribution in [2.75, 3.05) is 12.8 Å². The smallest absolute Gasteiger partial charge is 0.222 e. The maximum atomic E-state index is 5.85. The Balaban J connectivity index is 2.10. The van der Waals surface area contributed by atoms with E-state index in [9.17, 15) is 0 Å². The van der Waals surface area contributed by atoms with E-state index in [1.807, 2.05) is 24.3 Å². The van der Waals surface area contributed by atoms with E-state index in [1.54, 1.807) is 19.4 Å². The molecule has 0 fully saturated rings. The van der Waals surface area contributed by atoms with Gasteiger partial charge >= 0.3 is 0 Å². The Bertz CT molecular complexity index is 773. The quantitative estimate of drug-likeness (QED) is 0.748. The summed E-state index contributed by atoms with van der Waals surface area (Å²) in [5.74, 6) is 0.786. The van der Waals surface area contributed by atoms with Crippen molar-refractivity contribution in [3.63, 3.8) is 0 Å². The summed E-state index contributed by atoms with van der Waals surface area (Å²) in [6.45, 7) is 0. The van der Waals surface area contributed by atoms with Crippen LogP contribution in [0, 0.1) is 0 Å². The normalized spacial score (nSPS) is 10.6. The van der Waals surface area contributed by atoms with Gasteiger partial charge in [0, 0.05) is 11.8 Å². The predicted octanol–water partition coefficient (Wildman–Crippen LogP) is 3.51. The molecule has 2 heterocycles. The molecule has 7 heteroatoms. The molecule has 0 spiro atoms. The van der Waals surface area contributed by atoms with E-state index in [1.165, 1.54) is 11.3 Å². The first-order valence-electron chi connectivity index (χ1n) is 6.07. The summed E-state index contributed by atoms with van der Waals surface area (Å²) in [6, 6.07) is 9.40. The fourth-order valence-corrected chi connectivity index (χ4v) is 2.89. The van der Waals surface area contributed by atoms with Gasteiger partial charge in [0.15, 0.2) is 5.13 Å². The standard InChI is InChI=1S/C14H11ClN4OS/c1-20-9-4-2-8(3-5-9)11-12(21-14(16)19-11)10-6-7-17-13(15)18-10/h2-7H,1H3,(H2,16,19). The maximum absolute atomic E-state index is 5.85. The molecule has 0 aliphatic rings. The van der Waals surface area contributed by atoms with Crippen LogP contribution in [-0.4, -0.2) is 22.1 Å². The summed E-state index contributed by atoms with van der Waals surface area (Å²) in [6.07, 6.45) is 1.61. The van der Waals surface area contributed by atoms with E-state index < -0.39 is 0 Å². The number of aromatic nitrogens is 3. The van der Waals surface area contributed by atoms with Crippen molar-refractivity contribution in [2.45, 2.75) is 0 Å². The summed E-state index contributed by atoms with van der Waals surface area (Å²) in [5, 5.41) is 0.672. The second-order valence-corrected chi connectivity index (χ2v) is 5.54. The SMILES string of the molecule is COc1ccc(-c2nc(N)sc2-c2ccnc(Cl)n2)cc1. The van der Waals surface area contributed by atoms with Crippen molar-refractivity contribution in [1.82, 2.24) is 15.0 Å². The highest BCUT2D eigenvalue weighted by atomic mass is 35.5. The first kappa shape index (κ1) is 13.8. The molecule has 0 saturated carbocycles. The topological polar surface area (TPSA) is 73.9 Å². The number of ether oxygens (including phenoxy) is 1. The Kier molecular flexibility index (Phi) is 3.72. The third-order valence-electron chi connectivity index (χ3n) is 2.87. The first-order chi connectivity index (χ1) is 10.2. The largest absolute Gasteiger partial charge is 0.497 e. The molecule has 21 heavy (non-hydrogen) atoms. The zero-order valence-corrected chi connectivity index (χ0v) is 12.6. The van der Waals surface area contributed by atoms with Crippen LogP contribution >= 0.6 is 22.9 Å². The molecular formula is C14H11ClN4OS. The molecule has 3 aromatic rings. The van der Waals surface area contributed by atoms with Crippen LogP contribution in [0.3, 0.4) is 0 Å². The van der Waals surface area contributed by atoms with Crippen molar-refractivity contribution < 1.29 is 4.74 Å². The highest BCUT2D eigenvalue weighted by Gasteiger charge is 2.15. The lowest BCUT2D eigenvalue weighted by molar-refractivity contribution is 0.415. The lowest BCUT2D eigenvalue weighted by atomic mass is 10.1. The number of methoxy groups -OCH3 is 1. The monoisotopic (exact) mass is 318 g/mol. The molecule has 0 amide bonds. The second kappa shape index (κ2) is 5.67. The number of rotatable bonds is 3. The summed E-state index contributed by atoms with van der Waals surface area (Å²) in [7, 11) is 1.63. The highest BCUT2D eigenvalue weighted by molar-refractivity contribution is 7.19. The number of thiazole rings is 1. The minimum Gasteiger partial charge on any atom is -0.497 e. The highest BCUT2D eigenvalue weighted by Crippen LogP contribution is 2.37. The van der Waals surface area contributed by atoms with E-state index in [-0.39, 0.29) is 5.28 Å². The van der Waals surface area contributed by atoms with E-state index in [4.69, 9.17) is 22.1 Å². The first-order valence-corrected chi connectivity index (χ1v) is 7.26. The van der Waals surface area contributed by atoms with Gasteiger partial charge in [-0.2, -0.15) is 0 Å². The van der Waals surface area contributed by atoms with Gasteiger partial charge in [-0.25, -0.2) is 15.0 Å². The van der Waals surface area contributed by atoms with Gasteiger partial charge in [0.1, 0.15) is 5.75 Å². The van der Waals surface area contributed by atoms with Crippen LogP contribution in [-0.2, 0) is 0 Å². The van der Waals surface area contributed by atoms with E-state index in [2.05, 4.69) is 15.0 Å². The van der Waals surface area contributed by atoms with Crippen LogP contribution in [0.4, 0.5) is 5.13 Å². The molecule has 0 aliphatic heterocycles. The van der Waals surface area contributed by atoms with Crippen molar-refractivity contribution in [1.29, 1.82) is 0 Å². The van der Waals surface area contributed by atoms with Gasteiger partial charge < -0.3 is 10.5 Å². The van der Waals surface area contributed by atoms with Crippen LogP contribution in [0.5, 0.6) is 5.75 Å². The van der Waals surface area contributed by atoms with Crippen LogP contribution in [0.15, 0.2) is 36.5 Å². The van der Waals surface area contributed by atoms with Gasteiger partial charge in [-0.1, -0.05) is 11.3 Å². The fourth-order valence-electron chi connectivity index (χ4n) is 1.92. The molecule has 3 rings (SSSR count). The van der Waals surface area contributed by atoms with Crippen molar-refractivity contribution in [3.8, 4) is 27.6 Å². The number of halogens is 1. The number of anilines is 1. The summed E-state index contributed by atoms with van der Waals surface area (Å²) in [4.78, 5) is 13.4. The molecule has 2 N–H and O–H groups in total. The Morgan fingerprint density at radius 2 is 1.90 bits per heavy atom. The maximum Gasteiger partial charge on any atom is 0.222 e. The molecule has 1 aromatic carbocycles. The predicted molar refractivity (Wildman–Crippen MR) is 84.6 cm³/mol. The van der Waals surface area contributed by atoms with Gasteiger partial charge in [0.05, 0.1) is 23.4 Å². The van der Waals surface area contributed by atoms with E-state index in [0.717, 1.165) is 21.9 Å².